The molecule has 0 unspecified atom stereocenters. The van der Waals surface area contributed by atoms with E-state index in [0.717, 1.165) is 31.6 Å². The molecule has 0 aromatic heterocycles. The largest absolute Gasteiger partial charge is 0.399 e. The maximum atomic E-state index is 11.2. The minimum atomic E-state index is 0.191. The summed E-state index contributed by atoms with van der Waals surface area (Å²) in [6.07, 6.45) is 2.12. The molecule has 86 valence electrons. The van der Waals surface area contributed by atoms with Crippen molar-refractivity contribution in [1.29, 1.82) is 0 Å². The topological polar surface area (TPSA) is 46.3 Å². The van der Waals surface area contributed by atoms with Crippen LogP contribution in [0.15, 0.2) is 24.3 Å². The van der Waals surface area contributed by atoms with Crippen LogP contribution >= 0.6 is 0 Å². The molecule has 1 heterocycles. The Morgan fingerprint density at radius 3 is 2.31 bits per heavy atom. The van der Waals surface area contributed by atoms with E-state index in [1.54, 1.807) is 6.92 Å². The number of anilines is 1. The van der Waals surface area contributed by atoms with E-state index in [2.05, 4.69) is 12.1 Å². The van der Waals surface area contributed by atoms with Gasteiger partial charge in [0.25, 0.3) is 0 Å². The molecule has 1 aromatic carbocycles. The van der Waals surface area contributed by atoms with E-state index in [1.807, 2.05) is 17.0 Å². The average Bonchev–Trinajstić information content (AvgIpc) is 2.30. The molecule has 16 heavy (non-hydrogen) atoms. The SMILES string of the molecule is CC(=O)N1CCC(c2ccc(N)cc2)CC1. The van der Waals surface area contributed by atoms with Crippen molar-refractivity contribution >= 4 is 11.6 Å². The highest BCUT2D eigenvalue weighted by Crippen LogP contribution is 2.28. The van der Waals surface area contributed by atoms with Gasteiger partial charge in [-0.05, 0) is 36.5 Å². The van der Waals surface area contributed by atoms with E-state index < -0.39 is 0 Å². The number of nitrogens with two attached hydrogens (primary N) is 1. The molecule has 3 heteroatoms. The van der Waals surface area contributed by atoms with Gasteiger partial charge in [0, 0.05) is 25.7 Å². The molecule has 0 spiro atoms. The number of carbonyl (C=O) groups excluding carboxylic acids is 1. The smallest absolute Gasteiger partial charge is 0.219 e. The lowest BCUT2D eigenvalue weighted by Gasteiger charge is -2.31. The quantitative estimate of drug-likeness (QED) is 0.733. The number of amides is 1. The lowest BCUT2D eigenvalue weighted by Crippen LogP contribution is -2.36. The summed E-state index contributed by atoms with van der Waals surface area (Å²) in [4.78, 5) is 13.1. The summed E-state index contributed by atoms with van der Waals surface area (Å²) in [7, 11) is 0. The number of benzene rings is 1. The predicted octanol–water partition coefficient (Wildman–Crippen LogP) is 1.99. The Bertz CT molecular complexity index is 364. The number of nitrogen functional groups attached to an aromatic ring is 1. The molecule has 1 amide bonds. The Morgan fingerprint density at radius 2 is 1.81 bits per heavy atom. The molecule has 1 aromatic rings. The average molecular weight is 218 g/mol. The molecule has 1 aliphatic heterocycles. The summed E-state index contributed by atoms with van der Waals surface area (Å²) < 4.78 is 0. The van der Waals surface area contributed by atoms with Gasteiger partial charge in [-0.25, -0.2) is 0 Å². The third-order valence-corrected chi connectivity index (χ3v) is 3.35. The lowest BCUT2D eigenvalue weighted by molar-refractivity contribution is -0.129. The van der Waals surface area contributed by atoms with Crippen molar-refractivity contribution < 1.29 is 4.79 Å². The first kappa shape index (κ1) is 11.0. The first-order valence-corrected chi connectivity index (χ1v) is 5.78. The molecule has 0 atom stereocenters. The Balaban J connectivity index is 1.99. The van der Waals surface area contributed by atoms with E-state index in [1.165, 1.54) is 5.56 Å². The first-order valence-electron chi connectivity index (χ1n) is 5.78. The number of nitrogens with zero attached hydrogens (tertiary/aromatic N) is 1. The van der Waals surface area contributed by atoms with Crippen molar-refractivity contribution in [1.82, 2.24) is 4.90 Å². The molecule has 3 nitrogen and oxygen atoms in total. The number of likely N-dealkylation sites (tertiary alicyclic amines) is 1. The second-order valence-corrected chi connectivity index (χ2v) is 4.45. The van der Waals surface area contributed by atoms with Crippen LogP contribution < -0.4 is 5.73 Å². The van der Waals surface area contributed by atoms with Crippen molar-refractivity contribution in [2.45, 2.75) is 25.7 Å². The Morgan fingerprint density at radius 1 is 1.25 bits per heavy atom. The van der Waals surface area contributed by atoms with Crippen molar-refractivity contribution in [3.8, 4) is 0 Å². The molecule has 0 saturated carbocycles. The standard InChI is InChI=1S/C13H18N2O/c1-10(16)15-8-6-12(7-9-15)11-2-4-13(14)5-3-11/h2-5,12H,6-9,14H2,1H3. The van der Waals surface area contributed by atoms with E-state index in [-0.39, 0.29) is 5.91 Å². The second-order valence-electron chi connectivity index (χ2n) is 4.45. The van der Waals surface area contributed by atoms with Crippen molar-refractivity contribution in [3.63, 3.8) is 0 Å². The minimum Gasteiger partial charge on any atom is -0.399 e. The van der Waals surface area contributed by atoms with Crippen molar-refractivity contribution in [3.05, 3.63) is 29.8 Å². The number of piperidine rings is 1. The summed E-state index contributed by atoms with van der Waals surface area (Å²) >= 11 is 0. The number of hydrogen-bond donors (Lipinski definition) is 1. The summed E-state index contributed by atoms with van der Waals surface area (Å²) in [6, 6.07) is 8.10. The van der Waals surface area contributed by atoms with Crippen molar-refractivity contribution in [2.24, 2.45) is 0 Å². The highest BCUT2D eigenvalue weighted by molar-refractivity contribution is 5.73. The van der Waals surface area contributed by atoms with Gasteiger partial charge in [0.1, 0.15) is 0 Å². The molecule has 0 aliphatic carbocycles. The molecule has 0 radical (unpaired) electrons. The van der Waals surface area contributed by atoms with Gasteiger partial charge in [-0.3, -0.25) is 4.79 Å². The van der Waals surface area contributed by atoms with Crippen LogP contribution in [0.25, 0.3) is 0 Å². The summed E-state index contributed by atoms with van der Waals surface area (Å²) in [6.45, 7) is 3.40. The van der Waals surface area contributed by atoms with Gasteiger partial charge in [-0.1, -0.05) is 12.1 Å². The van der Waals surface area contributed by atoms with Crippen LogP contribution in [0.3, 0.4) is 0 Å². The highest BCUT2D eigenvalue weighted by Gasteiger charge is 2.21. The fraction of sp³-hybridized carbons (Fsp3) is 0.462. The first-order chi connectivity index (χ1) is 7.66. The summed E-state index contributed by atoms with van der Waals surface area (Å²) in [5, 5.41) is 0. The molecular weight excluding hydrogens is 200 g/mol. The van der Waals surface area contributed by atoms with Gasteiger partial charge < -0.3 is 10.6 Å². The number of hydrogen-bond acceptors (Lipinski definition) is 2. The van der Waals surface area contributed by atoms with E-state index in [4.69, 9.17) is 5.73 Å². The molecule has 1 aliphatic rings. The fourth-order valence-corrected chi connectivity index (χ4v) is 2.30. The monoisotopic (exact) mass is 218 g/mol. The molecular formula is C13H18N2O. The van der Waals surface area contributed by atoms with Crippen molar-refractivity contribution in [2.75, 3.05) is 18.8 Å². The molecule has 1 saturated heterocycles. The Labute approximate surface area is 96.2 Å². The van der Waals surface area contributed by atoms with E-state index >= 15 is 0 Å². The molecule has 0 bridgehead atoms. The highest BCUT2D eigenvalue weighted by atomic mass is 16.2. The van der Waals surface area contributed by atoms with Gasteiger partial charge in [0.2, 0.25) is 5.91 Å². The maximum Gasteiger partial charge on any atom is 0.219 e. The van der Waals surface area contributed by atoms with Gasteiger partial charge in [0.05, 0.1) is 0 Å². The summed E-state index contributed by atoms with van der Waals surface area (Å²) in [5.41, 5.74) is 7.82. The van der Waals surface area contributed by atoms with Gasteiger partial charge in [0.15, 0.2) is 0 Å². The zero-order chi connectivity index (χ0) is 11.5. The van der Waals surface area contributed by atoms with E-state index in [0.29, 0.717) is 5.92 Å². The van der Waals surface area contributed by atoms with E-state index in [9.17, 15) is 4.79 Å². The fourth-order valence-electron chi connectivity index (χ4n) is 2.30. The minimum absolute atomic E-state index is 0.191. The van der Waals surface area contributed by atoms with Crippen LogP contribution in [0.4, 0.5) is 5.69 Å². The van der Waals surface area contributed by atoms with Crippen LogP contribution in [0.1, 0.15) is 31.2 Å². The predicted molar refractivity (Wildman–Crippen MR) is 65.1 cm³/mol. The molecule has 1 fully saturated rings. The van der Waals surface area contributed by atoms with Gasteiger partial charge in [-0.15, -0.1) is 0 Å². The second kappa shape index (κ2) is 4.56. The third-order valence-electron chi connectivity index (χ3n) is 3.35. The third kappa shape index (κ3) is 2.35. The maximum absolute atomic E-state index is 11.2. The molecule has 2 rings (SSSR count). The Kier molecular flexibility index (Phi) is 3.13. The molecule has 2 N–H and O–H groups in total. The zero-order valence-corrected chi connectivity index (χ0v) is 9.65. The number of carbonyl (C=O) groups is 1. The van der Waals surface area contributed by atoms with Crippen LogP contribution in [0.2, 0.25) is 0 Å². The van der Waals surface area contributed by atoms with Crippen LogP contribution in [-0.4, -0.2) is 23.9 Å². The number of rotatable bonds is 1. The van der Waals surface area contributed by atoms with Crippen LogP contribution in [0.5, 0.6) is 0 Å². The van der Waals surface area contributed by atoms with Gasteiger partial charge in [-0.2, -0.15) is 0 Å². The summed E-state index contributed by atoms with van der Waals surface area (Å²) in [5.74, 6) is 0.770. The Hall–Kier alpha value is -1.51. The zero-order valence-electron chi connectivity index (χ0n) is 9.65. The van der Waals surface area contributed by atoms with Crippen LogP contribution in [0, 0.1) is 0 Å². The normalized spacial score (nSPS) is 17.4. The lowest BCUT2D eigenvalue weighted by atomic mass is 9.89. The van der Waals surface area contributed by atoms with Crippen LogP contribution in [-0.2, 0) is 4.79 Å². The van der Waals surface area contributed by atoms with Gasteiger partial charge >= 0.3 is 0 Å².